The largest absolute Gasteiger partial charge is 0.496 e. The molecule has 0 aliphatic heterocycles. The summed E-state index contributed by atoms with van der Waals surface area (Å²) in [5.41, 5.74) is 4.12. The number of anilines is 1. The van der Waals surface area contributed by atoms with Crippen LogP contribution in [0.5, 0.6) is 5.75 Å². The first-order valence-electron chi connectivity index (χ1n) is 7.69. The van der Waals surface area contributed by atoms with Gasteiger partial charge in [0.25, 0.3) is 0 Å². The molecule has 0 unspecified atom stereocenters. The number of ether oxygens (including phenoxy) is 1. The van der Waals surface area contributed by atoms with E-state index in [4.69, 9.17) is 16.3 Å². The number of methoxy groups -OCH3 is 1. The van der Waals surface area contributed by atoms with Gasteiger partial charge in [0.2, 0.25) is 5.91 Å². The van der Waals surface area contributed by atoms with Crippen LogP contribution in [0, 0.1) is 13.8 Å². The van der Waals surface area contributed by atoms with Crippen molar-refractivity contribution >= 4 is 23.2 Å². The highest BCUT2D eigenvalue weighted by molar-refractivity contribution is 6.31. The Morgan fingerprint density at radius 3 is 2.61 bits per heavy atom. The zero-order valence-corrected chi connectivity index (χ0v) is 14.5. The zero-order valence-electron chi connectivity index (χ0n) is 13.8. The van der Waals surface area contributed by atoms with Crippen LogP contribution in [0.3, 0.4) is 0 Å². The van der Waals surface area contributed by atoms with Gasteiger partial charge in [-0.25, -0.2) is 0 Å². The van der Waals surface area contributed by atoms with E-state index in [1.54, 1.807) is 13.2 Å². The second kappa shape index (κ2) is 8.02. The number of benzene rings is 2. The second-order valence-corrected chi connectivity index (χ2v) is 6.10. The fourth-order valence-corrected chi connectivity index (χ4v) is 2.66. The molecular formula is C19H22ClNO2. The smallest absolute Gasteiger partial charge is 0.224 e. The van der Waals surface area contributed by atoms with E-state index in [1.165, 1.54) is 5.56 Å². The van der Waals surface area contributed by atoms with Gasteiger partial charge in [0, 0.05) is 17.1 Å². The van der Waals surface area contributed by atoms with E-state index in [1.807, 2.05) is 38.1 Å². The first-order chi connectivity index (χ1) is 11.0. The Morgan fingerprint density at radius 2 is 1.91 bits per heavy atom. The van der Waals surface area contributed by atoms with Crippen molar-refractivity contribution in [1.29, 1.82) is 0 Å². The number of halogens is 1. The minimum absolute atomic E-state index is 0.0144. The molecule has 2 rings (SSSR count). The van der Waals surface area contributed by atoms with E-state index in [9.17, 15) is 4.79 Å². The molecule has 0 atom stereocenters. The summed E-state index contributed by atoms with van der Waals surface area (Å²) in [5.74, 6) is 0.906. The van der Waals surface area contributed by atoms with Crippen LogP contribution in [0.25, 0.3) is 0 Å². The quantitative estimate of drug-likeness (QED) is 0.815. The SMILES string of the molecule is COc1ccc(CCCC(=O)Nc2cc(Cl)ccc2C)cc1C. The highest BCUT2D eigenvalue weighted by Crippen LogP contribution is 2.21. The number of hydrogen-bond acceptors (Lipinski definition) is 2. The molecule has 0 aromatic heterocycles. The van der Waals surface area contributed by atoms with Crippen molar-refractivity contribution in [1.82, 2.24) is 0 Å². The lowest BCUT2D eigenvalue weighted by atomic mass is 10.0. The van der Waals surface area contributed by atoms with Crippen molar-refractivity contribution in [3.63, 3.8) is 0 Å². The summed E-state index contributed by atoms with van der Waals surface area (Å²) < 4.78 is 5.25. The fourth-order valence-electron chi connectivity index (χ4n) is 2.49. The molecule has 0 aliphatic carbocycles. The molecule has 4 heteroatoms. The molecule has 3 nitrogen and oxygen atoms in total. The summed E-state index contributed by atoms with van der Waals surface area (Å²) in [6.45, 7) is 3.98. The van der Waals surface area contributed by atoms with Gasteiger partial charge in [-0.1, -0.05) is 29.8 Å². The third kappa shape index (κ3) is 5.00. The zero-order chi connectivity index (χ0) is 16.8. The van der Waals surface area contributed by atoms with Crippen LogP contribution in [0.2, 0.25) is 5.02 Å². The number of carbonyl (C=O) groups is 1. The van der Waals surface area contributed by atoms with Crippen LogP contribution in [0.1, 0.15) is 29.5 Å². The Balaban J connectivity index is 1.85. The number of hydrogen-bond donors (Lipinski definition) is 1. The highest BCUT2D eigenvalue weighted by atomic mass is 35.5. The van der Waals surface area contributed by atoms with Gasteiger partial charge in [-0.2, -0.15) is 0 Å². The van der Waals surface area contributed by atoms with Gasteiger partial charge < -0.3 is 10.1 Å². The topological polar surface area (TPSA) is 38.3 Å². The van der Waals surface area contributed by atoms with Crippen LogP contribution in [0.15, 0.2) is 36.4 Å². The first-order valence-corrected chi connectivity index (χ1v) is 8.07. The molecular weight excluding hydrogens is 310 g/mol. The van der Waals surface area contributed by atoms with Gasteiger partial charge in [0.15, 0.2) is 0 Å². The number of nitrogens with one attached hydrogen (secondary N) is 1. The van der Waals surface area contributed by atoms with E-state index in [0.29, 0.717) is 11.4 Å². The molecule has 1 amide bonds. The highest BCUT2D eigenvalue weighted by Gasteiger charge is 2.06. The van der Waals surface area contributed by atoms with Crippen molar-refractivity contribution < 1.29 is 9.53 Å². The number of rotatable bonds is 6. The van der Waals surface area contributed by atoms with E-state index < -0.39 is 0 Å². The predicted octanol–water partition coefficient (Wildman–Crippen LogP) is 4.93. The lowest BCUT2D eigenvalue weighted by Gasteiger charge is -2.09. The van der Waals surface area contributed by atoms with E-state index >= 15 is 0 Å². The average Bonchev–Trinajstić information content (AvgIpc) is 2.51. The Kier molecular flexibility index (Phi) is 6.05. The molecule has 122 valence electrons. The Hall–Kier alpha value is -2.00. The molecule has 0 aliphatic rings. The van der Waals surface area contributed by atoms with Crippen molar-refractivity contribution in [2.24, 2.45) is 0 Å². The third-order valence-corrected chi connectivity index (χ3v) is 4.04. The normalized spacial score (nSPS) is 10.4. The van der Waals surface area contributed by atoms with Gasteiger partial charge in [-0.15, -0.1) is 0 Å². The Labute approximate surface area is 142 Å². The second-order valence-electron chi connectivity index (χ2n) is 5.66. The van der Waals surface area contributed by atoms with Crippen LogP contribution >= 0.6 is 11.6 Å². The summed E-state index contributed by atoms with van der Waals surface area (Å²) in [4.78, 5) is 12.1. The monoisotopic (exact) mass is 331 g/mol. The molecule has 2 aromatic carbocycles. The lowest BCUT2D eigenvalue weighted by molar-refractivity contribution is -0.116. The van der Waals surface area contributed by atoms with Gasteiger partial charge in [0.1, 0.15) is 5.75 Å². The summed E-state index contributed by atoms with van der Waals surface area (Å²) in [6.07, 6.45) is 2.15. The minimum atomic E-state index is 0.0144. The lowest BCUT2D eigenvalue weighted by Crippen LogP contribution is -2.12. The minimum Gasteiger partial charge on any atom is -0.496 e. The molecule has 0 heterocycles. The predicted molar refractivity (Wildman–Crippen MR) is 95.5 cm³/mol. The van der Waals surface area contributed by atoms with Gasteiger partial charge >= 0.3 is 0 Å². The Bertz CT molecular complexity index is 698. The molecule has 0 radical (unpaired) electrons. The number of aryl methyl sites for hydroxylation is 3. The molecule has 23 heavy (non-hydrogen) atoms. The first kappa shape index (κ1) is 17.4. The molecule has 0 fully saturated rings. The van der Waals surface area contributed by atoms with Gasteiger partial charge in [-0.05, 0) is 61.6 Å². The van der Waals surface area contributed by atoms with E-state index in [-0.39, 0.29) is 5.91 Å². The van der Waals surface area contributed by atoms with Crippen LogP contribution < -0.4 is 10.1 Å². The molecule has 0 saturated carbocycles. The molecule has 1 N–H and O–H groups in total. The van der Waals surface area contributed by atoms with E-state index in [0.717, 1.165) is 35.4 Å². The molecule has 0 bridgehead atoms. The molecule has 2 aromatic rings. The van der Waals surface area contributed by atoms with Crippen LogP contribution in [-0.4, -0.2) is 13.0 Å². The van der Waals surface area contributed by atoms with Gasteiger partial charge in [0.05, 0.1) is 7.11 Å². The molecule has 0 saturated heterocycles. The van der Waals surface area contributed by atoms with Crippen LogP contribution in [0.4, 0.5) is 5.69 Å². The van der Waals surface area contributed by atoms with Gasteiger partial charge in [-0.3, -0.25) is 4.79 Å². The maximum absolute atomic E-state index is 12.1. The maximum atomic E-state index is 12.1. The van der Waals surface area contributed by atoms with Crippen molar-refractivity contribution in [2.45, 2.75) is 33.1 Å². The Morgan fingerprint density at radius 1 is 1.13 bits per heavy atom. The summed E-state index contributed by atoms with van der Waals surface area (Å²) in [6, 6.07) is 11.6. The number of amides is 1. The van der Waals surface area contributed by atoms with Crippen LogP contribution in [-0.2, 0) is 11.2 Å². The summed E-state index contributed by atoms with van der Waals surface area (Å²) in [5, 5.41) is 3.55. The maximum Gasteiger partial charge on any atom is 0.224 e. The third-order valence-electron chi connectivity index (χ3n) is 3.80. The van der Waals surface area contributed by atoms with Crippen molar-refractivity contribution in [3.05, 3.63) is 58.1 Å². The summed E-state index contributed by atoms with van der Waals surface area (Å²) >= 11 is 5.96. The van der Waals surface area contributed by atoms with Crippen molar-refractivity contribution in [2.75, 3.05) is 12.4 Å². The number of carbonyl (C=O) groups excluding carboxylic acids is 1. The molecule has 0 spiro atoms. The standard InChI is InChI=1S/C19H22ClNO2/c1-13-7-9-16(20)12-17(13)21-19(22)6-4-5-15-8-10-18(23-3)14(2)11-15/h7-12H,4-6H2,1-3H3,(H,21,22). The summed E-state index contributed by atoms with van der Waals surface area (Å²) in [7, 11) is 1.67. The van der Waals surface area contributed by atoms with E-state index in [2.05, 4.69) is 11.4 Å². The average molecular weight is 332 g/mol. The fraction of sp³-hybridized carbons (Fsp3) is 0.316. The van der Waals surface area contributed by atoms with Crippen molar-refractivity contribution in [3.8, 4) is 5.75 Å².